The van der Waals surface area contributed by atoms with Crippen molar-refractivity contribution in [2.45, 2.75) is 0 Å². The number of benzene rings is 2. The van der Waals surface area contributed by atoms with Crippen LogP contribution >= 0.6 is 0 Å². The Hall–Kier alpha value is -2.95. The van der Waals surface area contributed by atoms with E-state index in [0.29, 0.717) is 16.5 Å². The van der Waals surface area contributed by atoms with Crippen LogP contribution in [0, 0.1) is 5.82 Å². The number of aromatic nitrogens is 1. The number of azo groups is 1. The number of aromatic hydroxyl groups is 1. The molecule has 0 saturated heterocycles. The Bertz CT molecular complexity index is 1020. The number of nitrogens with zero attached hydrogens (tertiary/aromatic N) is 2. The van der Waals surface area contributed by atoms with Crippen LogP contribution in [0.1, 0.15) is 5.56 Å². The van der Waals surface area contributed by atoms with Gasteiger partial charge in [-0.15, -0.1) is 0 Å². The van der Waals surface area contributed by atoms with Crippen molar-refractivity contribution in [3.8, 4) is 5.88 Å². The van der Waals surface area contributed by atoms with Crippen molar-refractivity contribution in [1.82, 2.24) is 4.98 Å². The Kier molecular flexibility index (Phi) is 2.41. The van der Waals surface area contributed by atoms with Crippen molar-refractivity contribution >= 4 is 28.9 Å². The molecule has 2 aromatic carbocycles. The highest BCUT2D eigenvalue weighted by Crippen LogP contribution is 2.28. The van der Waals surface area contributed by atoms with Crippen molar-refractivity contribution < 1.29 is 9.50 Å². The fourth-order valence-electron chi connectivity index (χ4n) is 2.48. The molecule has 0 atom stereocenters. The van der Waals surface area contributed by atoms with Crippen molar-refractivity contribution in [2.24, 2.45) is 10.2 Å². The summed E-state index contributed by atoms with van der Waals surface area (Å²) < 4.78 is 13.4. The summed E-state index contributed by atoms with van der Waals surface area (Å²) in [5, 5.41) is 20.3. The smallest absolute Gasteiger partial charge is 0.196 e. The standard InChI is InChI=1S/C16H10FN3O/c17-11-3-4-14-12(7-11)13(16(21)19-14)5-9-1-2-10-8-18-20-15(10)6-9/h1-8,19,21H/b9-5+. The zero-order valence-corrected chi connectivity index (χ0v) is 10.8. The molecule has 102 valence electrons. The lowest BCUT2D eigenvalue weighted by atomic mass is 10.1. The van der Waals surface area contributed by atoms with Crippen LogP contribution in [-0.2, 0) is 0 Å². The third kappa shape index (κ3) is 1.90. The van der Waals surface area contributed by atoms with Crippen LogP contribution in [0.5, 0.6) is 5.88 Å². The lowest BCUT2D eigenvalue weighted by Gasteiger charge is -1.94. The number of halogens is 1. The third-order valence-electron chi connectivity index (χ3n) is 3.51. The highest BCUT2D eigenvalue weighted by atomic mass is 19.1. The minimum atomic E-state index is -0.339. The second-order valence-electron chi connectivity index (χ2n) is 4.88. The number of hydrogen-bond acceptors (Lipinski definition) is 3. The maximum atomic E-state index is 13.4. The SMILES string of the molecule is Oc1[nH]c2ccc(F)cc2c1/C=c1\ccc2c(c1)N=NC=2. The van der Waals surface area contributed by atoms with E-state index in [4.69, 9.17) is 0 Å². The summed E-state index contributed by atoms with van der Waals surface area (Å²) >= 11 is 0. The molecule has 21 heavy (non-hydrogen) atoms. The van der Waals surface area contributed by atoms with Gasteiger partial charge in [-0.05, 0) is 35.6 Å². The van der Waals surface area contributed by atoms with E-state index in [1.165, 1.54) is 12.1 Å². The first-order valence-electron chi connectivity index (χ1n) is 6.44. The number of aromatic amines is 1. The summed E-state index contributed by atoms with van der Waals surface area (Å²) in [4.78, 5) is 2.84. The molecular formula is C16H10FN3O. The quantitative estimate of drug-likeness (QED) is 0.707. The number of fused-ring (bicyclic) bond motifs is 2. The molecule has 0 amide bonds. The molecular weight excluding hydrogens is 269 g/mol. The van der Waals surface area contributed by atoms with Crippen LogP contribution < -0.4 is 10.4 Å². The van der Waals surface area contributed by atoms with Crippen LogP contribution in [0.4, 0.5) is 10.1 Å². The number of H-pyrrole nitrogens is 1. The Morgan fingerprint density at radius 2 is 2.05 bits per heavy atom. The first kappa shape index (κ1) is 11.8. The van der Waals surface area contributed by atoms with Gasteiger partial charge in [-0.2, -0.15) is 10.2 Å². The van der Waals surface area contributed by atoms with Gasteiger partial charge in [0.25, 0.3) is 0 Å². The summed E-state index contributed by atoms with van der Waals surface area (Å²) in [5.74, 6) is -0.321. The predicted octanol–water partition coefficient (Wildman–Crippen LogP) is 2.68. The monoisotopic (exact) mass is 279 g/mol. The average molecular weight is 279 g/mol. The van der Waals surface area contributed by atoms with Gasteiger partial charge in [-0.25, -0.2) is 4.39 Å². The molecule has 0 saturated carbocycles. The van der Waals surface area contributed by atoms with Gasteiger partial charge in [0.2, 0.25) is 0 Å². The molecule has 3 aromatic rings. The minimum absolute atomic E-state index is 0.0179. The molecule has 0 fully saturated rings. The van der Waals surface area contributed by atoms with Crippen LogP contribution in [-0.4, -0.2) is 10.1 Å². The number of rotatable bonds is 1. The van der Waals surface area contributed by atoms with Gasteiger partial charge in [-0.1, -0.05) is 12.1 Å². The summed E-state index contributed by atoms with van der Waals surface area (Å²) in [5.41, 5.74) is 2.03. The van der Waals surface area contributed by atoms with Gasteiger partial charge >= 0.3 is 0 Å². The van der Waals surface area contributed by atoms with E-state index in [9.17, 15) is 9.50 Å². The number of nitrogens with one attached hydrogen (secondary N) is 1. The summed E-state index contributed by atoms with van der Waals surface area (Å²) in [6.45, 7) is 0. The molecule has 4 rings (SSSR count). The Balaban J connectivity index is 1.97. The van der Waals surface area contributed by atoms with E-state index in [1.54, 1.807) is 18.3 Å². The molecule has 2 heterocycles. The molecule has 0 unspecified atom stereocenters. The Labute approximate surface area is 118 Å². The van der Waals surface area contributed by atoms with Gasteiger partial charge in [0.1, 0.15) is 5.82 Å². The summed E-state index contributed by atoms with van der Waals surface area (Å²) in [6.07, 6.45) is 3.49. The molecule has 1 aliphatic heterocycles. The topological polar surface area (TPSA) is 60.7 Å². The zero-order valence-electron chi connectivity index (χ0n) is 10.8. The van der Waals surface area contributed by atoms with E-state index in [2.05, 4.69) is 15.2 Å². The third-order valence-corrected chi connectivity index (χ3v) is 3.51. The van der Waals surface area contributed by atoms with Gasteiger partial charge in [-0.3, -0.25) is 0 Å². The van der Waals surface area contributed by atoms with Gasteiger partial charge in [0.15, 0.2) is 5.88 Å². The summed E-state index contributed by atoms with van der Waals surface area (Å²) in [6, 6.07) is 10.1. The Morgan fingerprint density at radius 1 is 1.14 bits per heavy atom. The predicted molar refractivity (Wildman–Crippen MR) is 78.2 cm³/mol. The van der Waals surface area contributed by atoms with Crippen LogP contribution in [0.25, 0.3) is 23.2 Å². The first-order chi connectivity index (χ1) is 10.2. The van der Waals surface area contributed by atoms with E-state index >= 15 is 0 Å². The molecule has 4 nitrogen and oxygen atoms in total. The normalized spacial score (nSPS) is 13.7. The molecule has 5 heteroatoms. The van der Waals surface area contributed by atoms with E-state index in [-0.39, 0.29) is 11.7 Å². The zero-order chi connectivity index (χ0) is 14.4. The van der Waals surface area contributed by atoms with Crippen LogP contribution in [0.15, 0.2) is 46.6 Å². The maximum Gasteiger partial charge on any atom is 0.196 e. The van der Waals surface area contributed by atoms with Crippen LogP contribution in [0.2, 0.25) is 0 Å². The minimum Gasteiger partial charge on any atom is -0.494 e. The first-order valence-corrected chi connectivity index (χ1v) is 6.44. The fraction of sp³-hybridized carbons (Fsp3) is 0. The van der Waals surface area contributed by atoms with E-state index in [0.717, 1.165) is 16.1 Å². The highest BCUT2D eigenvalue weighted by Gasteiger charge is 2.09. The molecule has 0 radical (unpaired) electrons. The Morgan fingerprint density at radius 3 is 2.95 bits per heavy atom. The molecule has 0 aliphatic carbocycles. The van der Waals surface area contributed by atoms with Crippen molar-refractivity contribution in [3.63, 3.8) is 0 Å². The van der Waals surface area contributed by atoms with Gasteiger partial charge in [0, 0.05) is 21.7 Å². The molecule has 1 aromatic heterocycles. The van der Waals surface area contributed by atoms with E-state index < -0.39 is 0 Å². The highest BCUT2D eigenvalue weighted by molar-refractivity contribution is 5.91. The van der Waals surface area contributed by atoms with Crippen molar-refractivity contribution in [2.75, 3.05) is 0 Å². The fourth-order valence-corrected chi connectivity index (χ4v) is 2.48. The van der Waals surface area contributed by atoms with Crippen molar-refractivity contribution in [1.29, 1.82) is 0 Å². The van der Waals surface area contributed by atoms with Crippen molar-refractivity contribution in [3.05, 3.63) is 58.2 Å². The lowest BCUT2D eigenvalue weighted by Crippen LogP contribution is -2.06. The average Bonchev–Trinajstić information content (AvgIpc) is 3.04. The molecule has 1 aliphatic rings. The molecule has 0 bridgehead atoms. The molecule has 2 N–H and O–H groups in total. The largest absolute Gasteiger partial charge is 0.494 e. The second kappa shape index (κ2) is 4.28. The second-order valence-corrected chi connectivity index (χ2v) is 4.88. The molecule has 0 spiro atoms. The lowest BCUT2D eigenvalue weighted by molar-refractivity contribution is 0.457. The maximum absolute atomic E-state index is 13.4. The van der Waals surface area contributed by atoms with E-state index in [1.807, 2.05) is 18.2 Å². The summed E-state index contributed by atoms with van der Waals surface area (Å²) in [7, 11) is 0. The van der Waals surface area contributed by atoms with Gasteiger partial charge in [0.05, 0.1) is 11.9 Å². The van der Waals surface area contributed by atoms with Gasteiger partial charge < -0.3 is 10.1 Å². The van der Waals surface area contributed by atoms with Crippen LogP contribution in [0.3, 0.4) is 0 Å². The number of hydrogen-bond donors (Lipinski definition) is 2.